The third kappa shape index (κ3) is 2.39. The molecular weight excluding hydrogens is 282 g/mol. The number of anilines is 1. The Hall–Kier alpha value is -2.31. The van der Waals surface area contributed by atoms with Crippen LogP contribution in [0.15, 0.2) is 12.1 Å². The van der Waals surface area contributed by atoms with Crippen LogP contribution in [-0.2, 0) is 9.59 Å². The van der Waals surface area contributed by atoms with Crippen molar-refractivity contribution in [1.82, 2.24) is 5.32 Å². The number of carbonyl (C=O) groups excluding carboxylic acids is 3. The van der Waals surface area contributed by atoms with Crippen molar-refractivity contribution >= 4 is 23.5 Å². The fourth-order valence-corrected chi connectivity index (χ4v) is 2.24. The van der Waals surface area contributed by atoms with Gasteiger partial charge in [0.05, 0.1) is 0 Å². The number of hydrogen-bond donors (Lipinski definition) is 1. The fraction of sp³-hybridized carbons (Fsp3) is 0.357. The molecule has 5 nitrogen and oxygen atoms in total. The molecule has 1 N–H and O–H groups in total. The predicted molar refractivity (Wildman–Crippen MR) is 70.4 cm³/mol. The Morgan fingerprint density at radius 3 is 2.38 bits per heavy atom. The standard InChI is InChI=1S/C14H14F2N2O3/c1-6(2)9-12(19)17-14(21)18(13(9)20)11-8(15)5-4-7(3)10(11)16/h4-6,9H,1-3H3,(H,17,19,21). The smallest absolute Gasteiger partial charge is 0.277 e. The quantitative estimate of drug-likeness (QED) is 0.850. The second kappa shape index (κ2) is 5.23. The number of amides is 4. The average molecular weight is 296 g/mol. The highest BCUT2D eigenvalue weighted by Crippen LogP contribution is 2.30. The molecule has 2 rings (SSSR count). The molecule has 1 unspecified atom stereocenters. The van der Waals surface area contributed by atoms with Gasteiger partial charge in [0.25, 0.3) is 0 Å². The Bertz CT molecular complexity index is 643. The van der Waals surface area contributed by atoms with Crippen LogP contribution in [0.2, 0.25) is 0 Å². The number of urea groups is 1. The van der Waals surface area contributed by atoms with Crippen LogP contribution >= 0.6 is 0 Å². The van der Waals surface area contributed by atoms with Crippen molar-refractivity contribution in [2.75, 3.05) is 4.90 Å². The van der Waals surface area contributed by atoms with Crippen LogP contribution in [0.4, 0.5) is 19.3 Å². The van der Waals surface area contributed by atoms with Crippen LogP contribution < -0.4 is 10.2 Å². The van der Waals surface area contributed by atoms with Crippen molar-refractivity contribution in [2.45, 2.75) is 20.8 Å². The first kappa shape index (κ1) is 15.1. The summed E-state index contributed by atoms with van der Waals surface area (Å²) in [6.07, 6.45) is 0. The van der Waals surface area contributed by atoms with Crippen molar-refractivity contribution in [2.24, 2.45) is 11.8 Å². The molecule has 1 aromatic carbocycles. The first-order chi connectivity index (χ1) is 9.75. The molecule has 112 valence electrons. The highest BCUT2D eigenvalue weighted by molar-refractivity contribution is 6.27. The zero-order valence-electron chi connectivity index (χ0n) is 11.7. The minimum absolute atomic E-state index is 0.0880. The van der Waals surface area contributed by atoms with Gasteiger partial charge in [-0.05, 0) is 24.5 Å². The summed E-state index contributed by atoms with van der Waals surface area (Å²) in [5, 5.41) is 1.96. The normalized spacial score (nSPS) is 19.2. The van der Waals surface area contributed by atoms with Gasteiger partial charge in [-0.25, -0.2) is 18.5 Å². The van der Waals surface area contributed by atoms with E-state index in [1.54, 1.807) is 13.8 Å². The molecule has 1 saturated heterocycles. The molecule has 21 heavy (non-hydrogen) atoms. The molecule has 0 spiro atoms. The lowest BCUT2D eigenvalue weighted by Crippen LogP contribution is -2.59. The molecule has 0 bridgehead atoms. The number of nitrogens with one attached hydrogen (secondary N) is 1. The second-order valence-electron chi connectivity index (χ2n) is 5.22. The molecule has 0 saturated carbocycles. The summed E-state index contributed by atoms with van der Waals surface area (Å²) >= 11 is 0. The van der Waals surface area contributed by atoms with Crippen LogP contribution in [-0.4, -0.2) is 17.8 Å². The average Bonchev–Trinajstić information content (AvgIpc) is 2.37. The van der Waals surface area contributed by atoms with E-state index in [2.05, 4.69) is 0 Å². The zero-order valence-corrected chi connectivity index (χ0v) is 11.7. The summed E-state index contributed by atoms with van der Waals surface area (Å²) < 4.78 is 28.0. The number of imide groups is 2. The van der Waals surface area contributed by atoms with Crippen LogP contribution in [0.1, 0.15) is 19.4 Å². The van der Waals surface area contributed by atoms with E-state index >= 15 is 0 Å². The Balaban J connectivity index is 2.57. The van der Waals surface area contributed by atoms with Gasteiger partial charge in [0.15, 0.2) is 11.6 Å². The number of benzene rings is 1. The third-order valence-corrected chi connectivity index (χ3v) is 3.35. The zero-order chi connectivity index (χ0) is 15.9. The molecule has 7 heteroatoms. The minimum atomic E-state index is -1.16. The molecule has 1 aromatic rings. The van der Waals surface area contributed by atoms with E-state index < -0.39 is 47.0 Å². The maximum Gasteiger partial charge on any atom is 0.335 e. The Kier molecular flexibility index (Phi) is 3.76. The van der Waals surface area contributed by atoms with E-state index in [1.165, 1.54) is 13.0 Å². The highest BCUT2D eigenvalue weighted by Gasteiger charge is 2.44. The van der Waals surface area contributed by atoms with Gasteiger partial charge in [-0.2, -0.15) is 0 Å². The number of nitrogens with zero attached hydrogens (tertiary/aromatic N) is 1. The number of aryl methyl sites for hydroxylation is 1. The Morgan fingerprint density at radius 1 is 1.19 bits per heavy atom. The molecule has 1 atom stereocenters. The monoisotopic (exact) mass is 296 g/mol. The molecule has 1 fully saturated rings. The molecular formula is C14H14F2N2O3. The maximum atomic E-state index is 14.1. The van der Waals surface area contributed by atoms with E-state index in [4.69, 9.17) is 0 Å². The number of rotatable bonds is 2. The van der Waals surface area contributed by atoms with E-state index in [-0.39, 0.29) is 5.56 Å². The summed E-state index contributed by atoms with van der Waals surface area (Å²) in [6.45, 7) is 4.61. The minimum Gasteiger partial charge on any atom is -0.277 e. The molecule has 0 radical (unpaired) electrons. The molecule has 0 aliphatic carbocycles. The van der Waals surface area contributed by atoms with E-state index in [1.807, 2.05) is 5.32 Å². The maximum absolute atomic E-state index is 14.1. The second-order valence-corrected chi connectivity index (χ2v) is 5.22. The van der Waals surface area contributed by atoms with Crippen molar-refractivity contribution in [3.8, 4) is 0 Å². The Morgan fingerprint density at radius 2 is 1.81 bits per heavy atom. The Labute approximate surface area is 119 Å². The highest BCUT2D eigenvalue weighted by atomic mass is 19.1. The first-order valence-electron chi connectivity index (χ1n) is 6.39. The summed E-state index contributed by atoms with van der Waals surface area (Å²) in [5.74, 6) is -5.31. The summed E-state index contributed by atoms with van der Waals surface area (Å²) in [7, 11) is 0. The lowest BCUT2D eigenvalue weighted by molar-refractivity contribution is -0.136. The number of barbiturate groups is 1. The van der Waals surface area contributed by atoms with Gasteiger partial charge in [-0.15, -0.1) is 0 Å². The van der Waals surface area contributed by atoms with E-state index in [0.29, 0.717) is 4.90 Å². The first-order valence-corrected chi connectivity index (χ1v) is 6.39. The predicted octanol–water partition coefficient (Wildman–Crippen LogP) is 2.13. The number of carbonyl (C=O) groups is 3. The molecule has 1 aliphatic heterocycles. The molecule has 0 aromatic heterocycles. The van der Waals surface area contributed by atoms with Gasteiger partial charge in [0.2, 0.25) is 11.8 Å². The third-order valence-electron chi connectivity index (χ3n) is 3.35. The molecule has 4 amide bonds. The number of hydrogen-bond acceptors (Lipinski definition) is 3. The van der Waals surface area contributed by atoms with Crippen molar-refractivity contribution in [1.29, 1.82) is 0 Å². The molecule has 1 heterocycles. The van der Waals surface area contributed by atoms with Crippen molar-refractivity contribution in [3.05, 3.63) is 29.3 Å². The van der Waals surface area contributed by atoms with Gasteiger partial charge < -0.3 is 0 Å². The topological polar surface area (TPSA) is 66.5 Å². The van der Waals surface area contributed by atoms with Crippen LogP contribution in [0, 0.1) is 30.4 Å². The number of halogens is 2. The van der Waals surface area contributed by atoms with Gasteiger partial charge in [0, 0.05) is 0 Å². The summed E-state index contributed by atoms with van der Waals surface area (Å²) in [5.41, 5.74) is -0.666. The molecule has 1 aliphatic rings. The fourth-order valence-electron chi connectivity index (χ4n) is 2.24. The summed E-state index contributed by atoms with van der Waals surface area (Å²) in [4.78, 5) is 36.2. The van der Waals surface area contributed by atoms with Gasteiger partial charge >= 0.3 is 6.03 Å². The van der Waals surface area contributed by atoms with Crippen LogP contribution in [0.5, 0.6) is 0 Å². The van der Waals surface area contributed by atoms with Gasteiger partial charge in [-0.3, -0.25) is 14.9 Å². The van der Waals surface area contributed by atoms with Gasteiger partial charge in [-0.1, -0.05) is 19.9 Å². The van der Waals surface area contributed by atoms with E-state index in [0.717, 1.165) is 6.07 Å². The lowest BCUT2D eigenvalue weighted by atomic mass is 9.91. The van der Waals surface area contributed by atoms with E-state index in [9.17, 15) is 23.2 Å². The van der Waals surface area contributed by atoms with Crippen LogP contribution in [0.25, 0.3) is 0 Å². The summed E-state index contributed by atoms with van der Waals surface area (Å²) in [6, 6.07) is 1.02. The largest absolute Gasteiger partial charge is 0.335 e. The van der Waals surface area contributed by atoms with Gasteiger partial charge in [0.1, 0.15) is 11.6 Å². The van der Waals surface area contributed by atoms with Crippen LogP contribution in [0.3, 0.4) is 0 Å². The SMILES string of the molecule is Cc1ccc(F)c(N2C(=O)NC(=O)C(C(C)C)C2=O)c1F. The van der Waals surface area contributed by atoms with Crippen molar-refractivity contribution in [3.63, 3.8) is 0 Å². The lowest BCUT2D eigenvalue weighted by Gasteiger charge is -2.32. The van der Waals surface area contributed by atoms with Crippen molar-refractivity contribution < 1.29 is 23.2 Å².